The van der Waals surface area contributed by atoms with E-state index in [9.17, 15) is 45.6 Å². The number of rotatable bonds is 56. The van der Waals surface area contributed by atoms with Gasteiger partial charge in [-0.05, 0) is 51.4 Å². The smallest absolute Gasteiger partial charge is 0.220 e. The number of amides is 1. The number of unbranched alkanes of at least 4 members (excludes halogenated alkanes) is 33. The lowest BCUT2D eigenvalue weighted by molar-refractivity contribution is -0.359. The minimum absolute atomic E-state index is 0.224. The minimum Gasteiger partial charge on any atom is -0.394 e. The molecule has 2 rings (SSSR count). The van der Waals surface area contributed by atoms with Crippen LogP contribution in [0.2, 0.25) is 0 Å². The van der Waals surface area contributed by atoms with Gasteiger partial charge >= 0.3 is 0 Å². The average Bonchev–Trinajstić information content (AvgIpc) is 3.18. The Morgan fingerprint density at radius 3 is 1.21 bits per heavy atom. The molecule has 0 radical (unpaired) electrons. The van der Waals surface area contributed by atoms with Crippen molar-refractivity contribution in [3.05, 3.63) is 60.8 Å². The van der Waals surface area contributed by atoms with E-state index < -0.39 is 86.8 Å². The molecule has 0 aliphatic carbocycles. The summed E-state index contributed by atoms with van der Waals surface area (Å²) in [5, 5.41) is 87.4. The topological polar surface area (TPSA) is 228 Å². The molecule has 9 N–H and O–H groups in total. The Morgan fingerprint density at radius 2 is 0.810 bits per heavy atom. The standard InChI is InChI=1S/C70H127NO13/c1-3-5-7-9-11-13-15-17-19-21-22-23-24-25-26-27-28-29-30-31-32-33-34-35-36-38-39-41-43-45-47-49-51-53-59(74)58(71-62(75)54-52-50-48-46-44-42-40-37-20-18-16-14-12-10-8-6-4-2)57-81-69-67(80)65(78)68(61(56-73)83-69)84-70-66(79)64(77)63(76)60(55-72)82-70/h6,8,12,14,18,20,40,42,46,48,58-61,63-70,72-74,76-80H,3-5,7,9-11,13,15-17,19,21-39,41,43-45,47,49-57H2,1-2H3,(H,71,75)/b8-6-,14-12-,20-18-,42-40-,48-46-. The van der Waals surface area contributed by atoms with Gasteiger partial charge in [-0.25, -0.2) is 0 Å². The van der Waals surface area contributed by atoms with E-state index in [0.717, 1.165) is 57.8 Å². The maximum Gasteiger partial charge on any atom is 0.220 e. The van der Waals surface area contributed by atoms with Crippen LogP contribution in [0.15, 0.2) is 60.8 Å². The van der Waals surface area contributed by atoms with E-state index in [0.29, 0.717) is 19.3 Å². The van der Waals surface area contributed by atoms with E-state index in [1.165, 1.54) is 186 Å². The van der Waals surface area contributed by atoms with Gasteiger partial charge in [-0.1, -0.05) is 286 Å². The Kier molecular flexibility index (Phi) is 50.8. The van der Waals surface area contributed by atoms with E-state index >= 15 is 0 Å². The van der Waals surface area contributed by atoms with Crippen molar-refractivity contribution in [2.45, 2.75) is 357 Å². The molecule has 0 saturated carbocycles. The number of hydrogen-bond donors (Lipinski definition) is 9. The van der Waals surface area contributed by atoms with Crippen LogP contribution in [0.5, 0.6) is 0 Å². The maximum absolute atomic E-state index is 13.3. The Hall–Kier alpha value is -2.31. The molecule has 0 aromatic carbocycles. The van der Waals surface area contributed by atoms with Crippen LogP contribution in [0.3, 0.4) is 0 Å². The van der Waals surface area contributed by atoms with Crippen molar-refractivity contribution in [1.29, 1.82) is 0 Å². The van der Waals surface area contributed by atoms with Crippen molar-refractivity contribution in [1.82, 2.24) is 5.32 Å². The summed E-state index contributed by atoms with van der Waals surface area (Å²) in [5.41, 5.74) is 0. The predicted octanol–water partition coefficient (Wildman–Crippen LogP) is 13.7. The second kappa shape index (κ2) is 54.8. The highest BCUT2D eigenvalue weighted by Crippen LogP contribution is 2.30. The highest BCUT2D eigenvalue weighted by atomic mass is 16.7. The second-order valence-electron chi connectivity index (χ2n) is 24.3. The van der Waals surface area contributed by atoms with Crippen molar-refractivity contribution in [3.8, 4) is 0 Å². The lowest BCUT2D eigenvalue weighted by Crippen LogP contribution is -2.65. The molecule has 12 atom stereocenters. The zero-order chi connectivity index (χ0) is 60.9. The number of carbonyl (C=O) groups is 1. The third kappa shape index (κ3) is 38.9. The molecule has 1 amide bonds. The number of nitrogens with one attached hydrogen (secondary N) is 1. The number of allylic oxidation sites excluding steroid dienone is 10. The molecule has 14 nitrogen and oxygen atoms in total. The fraction of sp³-hybridized carbons (Fsp3) is 0.843. The predicted molar refractivity (Wildman–Crippen MR) is 341 cm³/mol. The van der Waals surface area contributed by atoms with Crippen LogP contribution in [-0.4, -0.2) is 140 Å². The first-order chi connectivity index (χ1) is 41.1. The van der Waals surface area contributed by atoms with Crippen molar-refractivity contribution >= 4 is 5.91 Å². The van der Waals surface area contributed by atoms with Gasteiger partial charge in [-0.2, -0.15) is 0 Å². The van der Waals surface area contributed by atoms with Gasteiger partial charge in [0.1, 0.15) is 48.8 Å². The largest absolute Gasteiger partial charge is 0.394 e. The van der Waals surface area contributed by atoms with Crippen LogP contribution < -0.4 is 5.32 Å². The molecule has 0 aromatic rings. The van der Waals surface area contributed by atoms with Gasteiger partial charge in [-0.3, -0.25) is 4.79 Å². The lowest BCUT2D eigenvalue weighted by Gasteiger charge is -2.46. The fourth-order valence-corrected chi connectivity index (χ4v) is 11.3. The molecule has 84 heavy (non-hydrogen) atoms. The fourth-order valence-electron chi connectivity index (χ4n) is 11.3. The number of aliphatic hydroxyl groups excluding tert-OH is 8. The number of aliphatic hydroxyl groups is 8. The molecule has 2 fully saturated rings. The summed E-state index contributed by atoms with van der Waals surface area (Å²) < 4.78 is 22.9. The minimum atomic E-state index is -1.79. The number of ether oxygens (including phenoxy) is 4. The highest BCUT2D eigenvalue weighted by Gasteiger charge is 2.51. The maximum atomic E-state index is 13.3. The zero-order valence-corrected chi connectivity index (χ0v) is 53.1. The first-order valence-corrected chi connectivity index (χ1v) is 34.5. The Bertz CT molecular complexity index is 1640. The molecule has 490 valence electrons. The van der Waals surface area contributed by atoms with E-state index in [1.54, 1.807) is 0 Å². The van der Waals surface area contributed by atoms with Crippen LogP contribution in [0.25, 0.3) is 0 Å². The lowest BCUT2D eigenvalue weighted by atomic mass is 9.97. The SMILES string of the molecule is CC/C=C\C/C=C\C/C=C\C/C=C\C/C=C\CCCC(=O)NC(COC1OC(CO)C(OC2OC(CO)C(O)C(O)C2O)C(O)C1O)C(O)CCCCCCCCCCCCCCCCCCCCCCCCCCCCCCCCCCC. The Morgan fingerprint density at radius 1 is 0.440 bits per heavy atom. The molecule has 0 aromatic heterocycles. The van der Waals surface area contributed by atoms with Crippen LogP contribution in [-0.2, 0) is 23.7 Å². The average molecular weight is 1190 g/mol. The molecule has 2 heterocycles. The third-order valence-electron chi connectivity index (χ3n) is 16.7. The molecule has 2 saturated heterocycles. The van der Waals surface area contributed by atoms with Crippen LogP contribution in [0, 0.1) is 0 Å². The monoisotopic (exact) mass is 1190 g/mol. The highest BCUT2D eigenvalue weighted by molar-refractivity contribution is 5.76. The van der Waals surface area contributed by atoms with Crippen molar-refractivity contribution < 1.29 is 64.6 Å². The molecule has 2 aliphatic heterocycles. The van der Waals surface area contributed by atoms with E-state index in [4.69, 9.17) is 18.9 Å². The van der Waals surface area contributed by atoms with Gasteiger partial charge in [0.2, 0.25) is 5.91 Å². The molecule has 0 bridgehead atoms. The second-order valence-corrected chi connectivity index (χ2v) is 24.3. The summed E-state index contributed by atoms with van der Waals surface area (Å²) >= 11 is 0. The van der Waals surface area contributed by atoms with Gasteiger partial charge in [0.25, 0.3) is 0 Å². The van der Waals surface area contributed by atoms with Gasteiger partial charge in [0, 0.05) is 6.42 Å². The van der Waals surface area contributed by atoms with Crippen LogP contribution >= 0.6 is 0 Å². The molecule has 2 aliphatic rings. The number of carbonyl (C=O) groups excluding carboxylic acids is 1. The Labute approximate surface area is 511 Å². The zero-order valence-electron chi connectivity index (χ0n) is 53.1. The van der Waals surface area contributed by atoms with Gasteiger partial charge < -0.3 is 65.1 Å². The van der Waals surface area contributed by atoms with Crippen molar-refractivity contribution in [3.63, 3.8) is 0 Å². The summed E-state index contributed by atoms with van der Waals surface area (Å²) in [5.74, 6) is -0.262. The summed E-state index contributed by atoms with van der Waals surface area (Å²) in [4.78, 5) is 13.3. The molecule has 0 spiro atoms. The first kappa shape index (κ1) is 77.8. The summed E-state index contributed by atoms with van der Waals surface area (Å²) in [6.45, 7) is 2.73. The van der Waals surface area contributed by atoms with Crippen LogP contribution in [0.4, 0.5) is 0 Å². The normalized spacial score (nSPS) is 24.0. The Balaban J connectivity index is 1.65. The quantitative estimate of drug-likeness (QED) is 0.0204. The first-order valence-electron chi connectivity index (χ1n) is 34.5. The van der Waals surface area contributed by atoms with Gasteiger partial charge in [0.05, 0.1) is 32.0 Å². The third-order valence-corrected chi connectivity index (χ3v) is 16.7. The van der Waals surface area contributed by atoms with Gasteiger partial charge in [0.15, 0.2) is 12.6 Å². The van der Waals surface area contributed by atoms with Crippen molar-refractivity contribution in [2.75, 3.05) is 19.8 Å². The van der Waals surface area contributed by atoms with Crippen LogP contribution in [0.1, 0.15) is 284 Å². The van der Waals surface area contributed by atoms with E-state index in [-0.39, 0.29) is 18.9 Å². The summed E-state index contributed by atoms with van der Waals surface area (Å²) in [6.07, 6.45) is 55.5. The van der Waals surface area contributed by atoms with Gasteiger partial charge in [-0.15, -0.1) is 0 Å². The molecular weight excluding hydrogens is 1060 g/mol. The summed E-state index contributed by atoms with van der Waals surface area (Å²) in [7, 11) is 0. The molecular formula is C70H127NO13. The van der Waals surface area contributed by atoms with E-state index in [1.807, 2.05) is 0 Å². The molecule has 12 unspecified atom stereocenters. The van der Waals surface area contributed by atoms with Crippen molar-refractivity contribution in [2.24, 2.45) is 0 Å². The summed E-state index contributed by atoms with van der Waals surface area (Å²) in [6, 6.07) is -0.863. The number of hydrogen-bond acceptors (Lipinski definition) is 13. The van der Waals surface area contributed by atoms with E-state index in [2.05, 4.69) is 79.9 Å². The molecule has 14 heteroatoms.